The number of benzene rings is 3. The molecule has 37 heavy (non-hydrogen) atoms. The zero-order chi connectivity index (χ0) is 26.3. The quantitative estimate of drug-likeness (QED) is 0.451. The van der Waals surface area contributed by atoms with Crippen molar-refractivity contribution in [3.8, 4) is 45.6 Å². The zero-order valence-electron chi connectivity index (χ0n) is 21.5. The molecule has 1 aliphatic heterocycles. The molecule has 0 amide bonds. The van der Waals surface area contributed by atoms with Crippen molar-refractivity contribution in [1.29, 1.82) is 0 Å². The Labute approximate surface area is 215 Å². The summed E-state index contributed by atoms with van der Waals surface area (Å²) in [5, 5.41) is 11.6. The Balaban J connectivity index is 1.80. The van der Waals surface area contributed by atoms with E-state index in [2.05, 4.69) is 6.92 Å². The van der Waals surface area contributed by atoms with E-state index in [1.54, 1.807) is 44.6 Å². The van der Waals surface area contributed by atoms with Crippen LogP contribution < -0.4 is 23.7 Å². The fraction of sp³-hybridized carbons (Fsp3) is 0.345. The van der Waals surface area contributed by atoms with E-state index in [0.29, 0.717) is 51.7 Å². The van der Waals surface area contributed by atoms with Crippen molar-refractivity contribution in [2.24, 2.45) is 11.8 Å². The number of carbonyl (C=O) groups is 1. The van der Waals surface area contributed by atoms with Crippen LogP contribution in [0.15, 0.2) is 42.5 Å². The highest BCUT2D eigenvalue weighted by atomic mass is 16.7. The molecular formula is C29H30O8. The van der Waals surface area contributed by atoms with Gasteiger partial charge in [-0.2, -0.15) is 0 Å². The second-order valence-corrected chi connectivity index (χ2v) is 9.34. The van der Waals surface area contributed by atoms with Gasteiger partial charge in [0.05, 0.1) is 26.9 Å². The minimum Gasteiger partial charge on any atom is -0.504 e. The van der Waals surface area contributed by atoms with Crippen LogP contribution in [0.1, 0.15) is 41.4 Å². The van der Waals surface area contributed by atoms with E-state index in [1.165, 1.54) is 7.11 Å². The van der Waals surface area contributed by atoms with E-state index in [1.807, 2.05) is 19.1 Å². The van der Waals surface area contributed by atoms with Gasteiger partial charge in [-0.05, 0) is 42.2 Å². The third kappa shape index (κ3) is 4.06. The third-order valence-corrected chi connectivity index (χ3v) is 7.30. The number of esters is 1. The summed E-state index contributed by atoms with van der Waals surface area (Å²) in [5.41, 5.74) is 3.02. The normalized spacial score (nSPS) is 19.6. The summed E-state index contributed by atoms with van der Waals surface area (Å²) in [6, 6.07) is 12.5. The van der Waals surface area contributed by atoms with Crippen LogP contribution >= 0.6 is 0 Å². The van der Waals surface area contributed by atoms with Crippen molar-refractivity contribution in [2.45, 2.75) is 26.4 Å². The molecule has 3 aromatic carbocycles. The van der Waals surface area contributed by atoms with Crippen LogP contribution in [0.4, 0.5) is 0 Å². The molecule has 0 saturated carbocycles. The van der Waals surface area contributed by atoms with Gasteiger partial charge in [0.15, 0.2) is 23.0 Å². The number of carbonyl (C=O) groups excluding carboxylic acids is 1. The zero-order valence-corrected chi connectivity index (χ0v) is 21.5. The van der Waals surface area contributed by atoms with Gasteiger partial charge in [0.1, 0.15) is 6.10 Å². The van der Waals surface area contributed by atoms with Crippen molar-refractivity contribution in [3.05, 3.63) is 59.2 Å². The summed E-state index contributed by atoms with van der Waals surface area (Å²) in [4.78, 5) is 13.2. The summed E-state index contributed by atoms with van der Waals surface area (Å²) in [6.45, 7) is 4.13. The SMILES string of the molecule is COc1cc2c(c(OC)c1OC)-c1c(cc3c(c1O)OCO3)[C@@H](OC(=O)c1ccccc1)[C@H](C)[C@H](C)C2. The van der Waals surface area contributed by atoms with Gasteiger partial charge in [-0.15, -0.1) is 0 Å². The predicted octanol–water partition coefficient (Wildman–Crippen LogP) is 5.54. The van der Waals surface area contributed by atoms with Gasteiger partial charge in [0, 0.05) is 22.6 Å². The highest BCUT2D eigenvalue weighted by Gasteiger charge is 2.39. The second kappa shape index (κ2) is 9.76. The first-order chi connectivity index (χ1) is 17.9. The fourth-order valence-electron chi connectivity index (χ4n) is 5.22. The van der Waals surface area contributed by atoms with Crippen LogP contribution in [0.25, 0.3) is 11.1 Å². The Morgan fingerprint density at radius 3 is 2.35 bits per heavy atom. The van der Waals surface area contributed by atoms with Crippen LogP contribution in [-0.4, -0.2) is 39.2 Å². The monoisotopic (exact) mass is 506 g/mol. The molecule has 1 N–H and O–H groups in total. The van der Waals surface area contributed by atoms with E-state index in [-0.39, 0.29) is 30.1 Å². The summed E-state index contributed by atoms with van der Waals surface area (Å²) in [6.07, 6.45) is -0.0797. The number of phenols is 1. The number of ether oxygens (including phenoxy) is 6. The average molecular weight is 507 g/mol. The molecule has 0 saturated heterocycles. The largest absolute Gasteiger partial charge is 0.504 e. The summed E-state index contributed by atoms with van der Waals surface area (Å²) < 4.78 is 34.6. The maximum atomic E-state index is 13.2. The molecule has 0 fully saturated rings. The van der Waals surface area contributed by atoms with Gasteiger partial charge in [-0.1, -0.05) is 32.0 Å². The Bertz CT molecular complexity index is 1330. The lowest BCUT2D eigenvalue weighted by Gasteiger charge is -2.35. The Morgan fingerprint density at radius 2 is 1.68 bits per heavy atom. The van der Waals surface area contributed by atoms with Gasteiger partial charge in [-0.25, -0.2) is 4.79 Å². The summed E-state index contributed by atoms with van der Waals surface area (Å²) in [7, 11) is 4.64. The van der Waals surface area contributed by atoms with Crippen molar-refractivity contribution >= 4 is 5.97 Å². The molecule has 2 aliphatic rings. The lowest BCUT2D eigenvalue weighted by molar-refractivity contribution is 0.00700. The fourth-order valence-corrected chi connectivity index (χ4v) is 5.22. The number of phenolic OH excluding ortho intramolecular Hbond substituents is 1. The minimum atomic E-state index is -0.691. The number of hydrogen-bond donors (Lipinski definition) is 1. The number of fused-ring (bicyclic) bond motifs is 4. The van der Waals surface area contributed by atoms with Crippen molar-refractivity contribution in [2.75, 3.05) is 28.1 Å². The summed E-state index contributed by atoms with van der Waals surface area (Å²) in [5.74, 6) is 1.34. The highest BCUT2D eigenvalue weighted by molar-refractivity contribution is 5.91. The molecule has 5 rings (SSSR count). The maximum absolute atomic E-state index is 13.2. The van der Waals surface area contributed by atoms with E-state index in [0.717, 1.165) is 5.56 Å². The molecule has 0 spiro atoms. The molecule has 8 nitrogen and oxygen atoms in total. The van der Waals surface area contributed by atoms with Gasteiger partial charge < -0.3 is 33.5 Å². The van der Waals surface area contributed by atoms with Crippen LogP contribution in [0.3, 0.4) is 0 Å². The molecule has 0 bridgehead atoms. The van der Waals surface area contributed by atoms with Crippen LogP contribution in [0.5, 0.6) is 34.5 Å². The van der Waals surface area contributed by atoms with E-state index >= 15 is 0 Å². The van der Waals surface area contributed by atoms with Gasteiger partial charge in [0.25, 0.3) is 0 Å². The molecule has 1 aliphatic carbocycles. The first-order valence-corrected chi connectivity index (χ1v) is 12.1. The molecule has 3 atom stereocenters. The summed E-state index contributed by atoms with van der Waals surface area (Å²) >= 11 is 0. The lowest BCUT2D eigenvalue weighted by Crippen LogP contribution is -2.26. The minimum absolute atomic E-state index is 0.0257. The molecular weight excluding hydrogens is 476 g/mol. The van der Waals surface area contributed by atoms with Crippen LogP contribution in [0.2, 0.25) is 0 Å². The molecule has 0 aromatic heterocycles. The molecule has 0 unspecified atom stereocenters. The topological polar surface area (TPSA) is 92.7 Å². The van der Waals surface area contributed by atoms with Gasteiger partial charge >= 0.3 is 5.97 Å². The highest BCUT2D eigenvalue weighted by Crippen LogP contribution is 2.58. The standard InChI is InChI=1S/C29H30O8/c1-15-11-18-12-20(32-3)27(33-4)28(34-5)22(18)23-19(13-21-26(24(23)30)36-14-35-21)25(16(15)2)37-29(31)17-9-7-6-8-10-17/h6-10,12-13,15-16,25,30H,11,14H2,1-5H3/t15-,16-,25+/m1/s1. The van der Waals surface area contributed by atoms with Gasteiger partial charge in [0.2, 0.25) is 18.3 Å². The van der Waals surface area contributed by atoms with Crippen molar-refractivity contribution < 1.29 is 38.3 Å². The van der Waals surface area contributed by atoms with Crippen LogP contribution in [-0.2, 0) is 11.2 Å². The first kappa shape index (κ1) is 24.6. The van der Waals surface area contributed by atoms with E-state index in [4.69, 9.17) is 28.4 Å². The third-order valence-electron chi connectivity index (χ3n) is 7.30. The Morgan fingerprint density at radius 1 is 0.946 bits per heavy atom. The predicted molar refractivity (Wildman–Crippen MR) is 136 cm³/mol. The average Bonchev–Trinajstić information content (AvgIpc) is 3.40. The number of rotatable bonds is 5. The molecule has 1 heterocycles. The molecule has 194 valence electrons. The Kier molecular flexibility index (Phi) is 6.50. The lowest BCUT2D eigenvalue weighted by atomic mass is 9.76. The molecule has 3 aromatic rings. The first-order valence-electron chi connectivity index (χ1n) is 12.1. The second-order valence-electron chi connectivity index (χ2n) is 9.34. The van der Waals surface area contributed by atoms with E-state index in [9.17, 15) is 9.90 Å². The van der Waals surface area contributed by atoms with Gasteiger partial charge in [-0.3, -0.25) is 0 Å². The Hall–Kier alpha value is -4.07. The number of methoxy groups -OCH3 is 3. The van der Waals surface area contributed by atoms with E-state index < -0.39 is 12.1 Å². The molecule has 8 heteroatoms. The smallest absolute Gasteiger partial charge is 0.338 e. The number of hydrogen-bond acceptors (Lipinski definition) is 8. The van der Waals surface area contributed by atoms with Crippen molar-refractivity contribution in [1.82, 2.24) is 0 Å². The number of aromatic hydroxyl groups is 1. The van der Waals surface area contributed by atoms with Crippen LogP contribution in [0, 0.1) is 11.8 Å². The maximum Gasteiger partial charge on any atom is 0.338 e. The van der Waals surface area contributed by atoms with Crippen molar-refractivity contribution in [3.63, 3.8) is 0 Å². The molecule has 0 radical (unpaired) electrons.